The molecule has 1 unspecified atom stereocenters. The fourth-order valence-corrected chi connectivity index (χ4v) is 2.73. The summed E-state index contributed by atoms with van der Waals surface area (Å²) in [6.07, 6.45) is -1.70. The van der Waals surface area contributed by atoms with Crippen LogP contribution in [0.3, 0.4) is 0 Å². The van der Waals surface area contributed by atoms with E-state index in [2.05, 4.69) is 26.8 Å². The monoisotopic (exact) mass is 319 g/mol. The van der Waals surface area contributed by atoms with Crippen molar-refractivity contribution in [3.63, 3.8) is 0 Å². The maximum Gasteiger partial charge on any atom is 0.222 e. The lowest BCUT2D eigenvalue weighted by Crippen LogP contribution is -2.47. The molecule has 3 rings (SSSR count). The second-order valence-electron chi connectivity index (χ2n) is 5.43. The van der Waals surface area contributed by atoms with E-state index >= 15 is 0 Å². The SMILES string of the molecule is CC#CC1(O)[C@@H](O)[C@@H]([C@@H](C)O)O[C@H]1n1cnc2cnc(N)nc21. The molecular weight excluding hydrogens is 302 g/mol. The summed E-state index contributed by atoms with van der Waals surface area (Å²) in [5.74, 6) is 5.18. The minimum atomic E-state index is -1.93. The molecule has 0 aromatic carbocycles. The number of rotatable bonds is 2. The average Bonchev–Trinajstić information content (AvgIpc) is 3.00. The van der Waals surface area contributed by atoms with Crippen molar-refractivity contribution in [3.05, 3.63) is 12.5 Å². The maximum absolute atomic E-state index is 10.9. The molecule has 122 valence electrons. The highest BCUT2D eigenvalue weighted by atomic mass is 16.6. The van der Waals surface area contributed by atoms with E-state index in [0.29, 0.717) is 11.2 Å². The third-order valence-corrected chi connectivity index (χ3v) is 3.81. The number of fused-ring (bicyclic) bond motifs is 1. The van der Waals surface area contributed by atoms with E-state index in [9.17, 15) is 15.3 Å². The molecule has 1 fully saturated rings. The summed E-state index contributed by atoms with van der Waals surface area (Å²) in [5, 5.41) is 31.0. The highest BCUT2D eigenvalue weighted by Crippen LogP contribution is 2.40. The van der Waals surface area contributed by atoms with E-state index < -0.39 is 30.1 Å². The molecule has 1 saturated heterocycles. The van der Waals surface area contributed by atoms with E-state index in [1.165, 1.54) is 30.9 Å². The fraction of sp³-hybridized carbons (Fsp3) is 0.500. The summed E-state index contributed by atoms with van der Waals surface area (Å²) in [6, 6.07) is 0. The van der Waals surface area contributed by atoms with Gasteiger partial charge in [0.2, 0.25) is 5.95 Å². The molecule has 2 aromatic heterocycles. The van der Waals surface area contributed by atoms with Crippen molar-refractivity contribution in [1.29, 1.82) is 0 Å². The third kappa shape index (κ3) is 2.32. The number of aliphatic hydroxyl groups excluding tert-OH is 2. The molecule has 5 N–H and O–H groups in total. The lowest BCUT2D eigenvalue weighted by molar-refractivity contribution is -0.0847. The van der Waals surface area contributed by atoms with Crippen LogP contribution >= 0.6 is 0 Å². The van der Waals surface area contributed by atoms with E-state index in [-0.39, 0.29) is 5.95 Å². The maximum atomic E-state index is 10.9. The van der Waals surface area contributed by atoms with Gasteiger partial charge in [-0.15, -0.1) is 5.92 Å². The fourth-order valence-electron chi connectivity index (χ4n) is 2.73. The van der Waals surface area contributed by atoms with Crippen LogP contribution < -0.4 is 5.73 Å². The van der Waals surface area contributed by atoms with Gasteiger partial charge in [-0.05, 0) is 13.8 Å². The Morgan fingerprint density at radius 1 is 1.48 bits per heavy atom. The lowest BCUT2D eigenvalue weighted by atomic mass is 9.93. The molecule has 9 heteroatoms. The van der Waals surface area contributed by atoms with Crippen LogP contribution in [0.2, 0.25) is 0 Å². The first kappa shape index (κ1) is 15.6. The van der Waals surface area contributed by atoms with Crippen LogP contribution in [0.1, 0.15) is 20.1 Å². The molecule has 0 bridgehead atoms. The zero-order valence-electron chi connectivity index (χ0n) is 12.6. The van der Waals surface area contributed by atoms with Gasteiger partial charge in [-0.3, -0.25) is 4.57 Å². The standard InChI is InChI=1S/C14H17N5O4/c1-3-4-14(22)10(21)9(7(2)20)23-12(14)19-6-17-8-5-16-13(15)18-11(8)19/h5-7,9-10,12,20-22H,1-2H3,(H2,15,16,18)/t7-,9-,10+,12-,14?/m1/s1. The normalized spacial score (nSPS) is 31.8. The average molecular weight is 319 g/mol. The van der Waals surface area contributed by atoms with Crippen LogP contribution in [0, 0.1) is 11.8 Å². The first-order chi connectivity index (χ1) is 10.9. The van der Waals surface area contributed by atoms with Crippen molar-refractivity contribution < 1.29 is 20.1 Å². The number of nitrogens with two attached hydrogens (primary N) is 1. The third-order valence-electron chi connectivity index (χ3n) is 3.81. The van der Waals surface area contributed by atoms with Crippen molar-refractivity contribution in [1.82, 2.24) is 19.5 Å². The Bertz CT molecular complexity index is 795. The zero-order chi connectivity index (χ0) is 16.8. The predicted molar refractivity (Wildman–Crippen MR) is 79.7 cm³/mol. The van der Waals surface area contributed by atoms with Gasteiger partial charge in [0.05, 0.1) is 18.6 Å². The number of aromatic nitrogens is 4. The molecule has 0 aliphatic carbocycles. The van der Waals surface area contributed by atoms with Crippen LogP contribution in [0.4, 0.5) is 5.95 Å². The van der Waals surface area contributed by atoms with Gasteiger partial charge in [-0.1, -0.05) is 5.92 Å². The molecule has 0 saturated carbocycles. The Labute approximate surface area is 131 Å². The highest BCUT2D eigenvalue weighted by molar-refractivity contribution is 5.70. The topological polar surface area (TPSA) is 140 Å². The van der Waals surface area contributed by atoms with Crippen LogP contribution in [0.5, 0.6) is 0 Å². The van der Waals surface area contributed by atoms with Crippen molar-refractivity contribution in [2.75, 3.05) is 5.73 Å². The molecule has 9 nitrogen and oxygen atoms in total. The van der Waals surface area contributed by atoms with Gasteiger partial charge in [0.25, 0.3) is 0 Å². The Kier molecular flexibility index (Phi) is 3.69. The minimum Gasteiger partial charge on any atom is -0.391 e. The van der Waals surface area contributed by atoms with Crippen LogP contribution in [0.25, 0.3) is 11.2 Å². The lowest BCUT2D eigenvalue weighted by Gasteiger charge is -2.26. The van der Waals surface area contributed by atoms with Gasteiger partial charge in [0, 0.05) is 0 Å². The van der Waals surface area contributed by atoms with Gasteiger partial charge < -0.3 is 25.8 Å². The number of ether oxygens (including phenoxy) is 1. The quantitative estimate of drug-likeness (QED) is 0.506. The Morgan fingerprint density at radius 2 is 2.22 bits per heavy atom. The molecule has 0 amide bonds. The summed E-state index contributed by atoms with van der Waals surface area (Å²) in [4.78, 5) is 12.1. The van der Waals surface area contributed by atoms with Gasteiger partial charge >= 0.3 is 0 Å². The number of nitrogens with zero attached hydrogens (tertiary/aromatic N) is 4. The van der Waals surface area contributed by atoms with Crippen molar-refractivity contribution in [2.24, 2.45) is 0 Å². The number of aliphatic hydroxyl groups is 3. The zero-order valence-corrected chi connectivity index (χ0v) is 12.6. The number of hydrogen-bond acceptors (Lipinski definition) is 8. The second-order valence-corrected chi connectivity index (χ2v) is 5.43. The van der Waals surface area contributed by atoms with Crippen LogP contribution in [-0.4, -0.2) is 58.8 Å². The highest BCUT2D eigenvalue weighted by Gasteiger charge is 2.57. The van der Waals surface area contributed by atoms with Gasteiger partial charge in [0.15, 0.2) is 17.5 Å². The molecular formula is C14H17N5O4. The van der Waals surface area contributed by atoms with E-state index in [1.807, 2.05) is 0 Å². The molecule has 3 heterocycles. The Balaban J connectivity index is 2.14. The summed E-state index contributed by atoms with van der Waals surface area (Å²) in [7, 11) is 0. The van der Waals surface area contributed by atoms with Gasteiger partial charge in [0.1, 0.15) is 17.7 Å². The van der Waals surface area contributed by atoms with Crippen molar-refractivity contribution >= 4 is 17.1 Å². The molecule has 0 spiro atoms. The van der Waals surface area contributed by atoms with Gasteiger partial charge in [-0.25, -0.2) is 9.97 Å². The molecule has 2 aromatic rings. The van der Waals surface area contributed by atoms with E-state index in [0.717, 1.165) is 0 Å². The Hall–Kier alpha value is -2.25. The smallest absolute Gasteiger partial charge is 0.222 e. The number of nitrogen functional groups attached to an aromatic ring is 1. The number of imidazole rings is 1. The first-order valence-electron chi connectivity index (χ1n) is 7.01. The minimum absolute atomic E-state index is 0.0370. The molecule has 1 aliphatic rings. The molecule has 5 atom stereocenters. The summed E-state index contributed by atoms with van der Waals surface area (Å²) < 4.78 is 7.08. The van der Waals surface area contributed by atoms with E-state index in [1.54, 1.807) is 0 Å². The Morgan fingerprint density at radius 3 is 2.87 bits per heavy atom. The molecule has 1 aliphatic heterocycles. The van der Waals surface area contributed by atoms with Crippen molar-refractivity contribution in [3.8, 4) is 11.8 Å². The van der Waals surface area contributed by atoms with Gasteiger partial charge in [-0.2, -0.15) is 4.98 Å². The summed E-state index contributed by atoms with van der Waals surface area (Å²) in [6.45, 7) is 2.99. The molecule has 0 radical (unpaired) electrons. The summed E-state index contributed by atoms with van der Waals surface area (Å²) >= 11 is 0. The number of anilines is 1. The van der Waals surface area contributed by atoms with Crippen LogP contribution in [-0.2, 0) is 4.74 Å². The van der Waals surface area contributed by atoms with Crippen molar-refractivity contribution in [2.45, 2.75) is 44.0 Å². The number of hydrogen-bond donors (Lipinski definition) is 4. The predicted octanol–water partition coefficient (Wildman–Crippen LogP) is -1.20. The van der Waals surface area contributed by atoms with Crippen LogP contribution in [0.15, 0.2) is 12.5 Å². The second kappa shape index (κ2) is 5.43. The summed E-state index contributed by atoms with van der Waals surface area (Å²) in [5.41, 5.74) is 4.45. The van der Waals surface area contributed by atoms with E-state index in [4.69, 9.17) is 10.5 Å². The molecule has 23 heavy (non-hydrogen) atoms. The first-order valence-corrected chi connectivity index (χ1v) is 7.01. The largest absolute Gasteiger partial charge is 0.391 e.